The molecule has 0 spiro atoms. The summed E-state index contributed by atoms with van der Waals surface area (Å²) in [6.45, 7) is 6.70. The molecule has 0 bridgehead atoms. The van der Waals surface area contributed by atoms with Gasteiger partial charge in [-0.15, -0.1) is 11.8 Å². The van der Waals surface area contributed by atoms with Crippen LogP contribution in [0.25, 0.3) is 17.0 Å². The Labute approximate surface area is 190 Å². The van der Waals surface area contributed by atoms with Crippen molar-refractivity contribution in [3.05, 3.63) is 63.9 Å². The number of furan rings is 1. The number of hydrogen-bond donors (Lipinski definition) is 1. The number of allylic oxidation sites excluding steroid dienone is 1. The Morgan fingerprint density at radius 1 is 1.16 bits per heavy atom. The molecule has 0 amide bonds. The number of ether oxygens (including phenoxy) is 1. The highest BCUT2D eigenvalue weighted by molar-refractivity contribution is 7.98. The maximum atomic E-state index is 12.9. The first kappa shape index (κ1) is 23.0. The summed E-state index contributed by atoms with van der Waals surface area (Å²) in [5.74, 6) is -0.685. The van der Waals surface area contributed by atoms with Gasteiger partial charge in [0.15, 0.2) is 16.6 Å². The molecule has 0 aliphatic carbocycles. The Bertz CT molecular complexity index is 1180. The second-order valence-corrected chi connectivity index (χ2v) is 8.93. The van der Waals surface area contributed by atoms with Crippen LogP contribution in [0.3, 0.4) is 0 Å². The number of benzene rings is 2. The van der Waals surface area contributed by atoms with Crippen molar-refractivity contribution in [1.82, 2.24) is 0 Å². The topological polar surface area (TPSA) is 76.7 Å². The van der Waals surface area contributed by atoms with Crippen LogP contribution in [0.5, 0.6) is 5.75 Å². The van der Waals surface area contributed by atoms with Gasteiger partial charge in [0.05, 0.1) is 4.90 Å². The maximum Gasteiger partial charge on any atom is 0.347 e. The Morgan fingerprint density at radius 2 is 1.81 bits per heavy atom. The maximum absolute atomic E-state index is 12.9. The standard InChI is InChI=1S/C24H23ClO5S/c1-13-10-15(11-14(2)21(13)30-24(3,4)23(27)28)6-8-18(26)16-7-9-19(31-5)22-17(16)12-20(25)29-22/h6-12H,1-5H3,(H,27,28)/b8-6+. The van der Waals surface area contributed by atoms with Crippen molar-refractivity contribution < 1.29 is 23.8 Å². The minimum atomic E-state index is -1.34. The molecule has 1 aromatic heterocycles. The highest BCUT2D eigenvalue weighted by atomic mass is 35.5. The zero-order valence-electron chi connectivity index (χ0n) is 17.9. The van der Waals surface area contributed by atoms with Gasteiger partial charge in [-0.05, 0) is 92.6 Å². The van der Waals surface area contributed by atoms with Gasteiger partial charge in [-0.2, -0.15) is 0 Å². The van der Waals surface area contributed by atoms with Gasteiger partial charge in [-0.3, -0.25) is 4.79 Å². The Kier molecular flexibility index (Phi) is 6.53. The third kappa shape index (κ3) is 4.81. The average molecular weight is 459 g/mol. The first-order valence-corrected chi connectivity index (χ1v) is 11.2. The van der Waals surface area contributed by atoms with Crippen molar-refractivity contribution >= 4 is 52.2 Å². The summed E-state index contributed by atoms with van der Waals surface area (Å²) in [5, 5.41) is 10.2. The Hall–Kier alpha value is -2.70. The molecular formula is C24H23ClO5S. The first-order chi connectivity index (χ1) is 14.5. The molecule has 0 atom stereocenters. The number of rotatable bonds is 7. The molecular weight excluding hydrogens is 436 g/mol. The number of ketones is 1. The summed E-state index contributed by atoms with van der Waals surface area (Å²) in [4.78, 5) is 25.2. The molecule has 2 aromatic carbocycles. The van der Waals surface area contributed by atoms with E-state index >= 15 is 0 Å². The number of hydrogen-bond acceptors (Lipinski definition) is 5. The van der Waals surface area contributed by atoms with Crippen LogP contribution in [0.15, 0.2) is 45.7 Å². The molecule has 3 aromatic rings. The van der Waals surface area contributed by atoms with Gasteiger partial charge in [0.1, 0.15) is 11.3 Å². The Balaban J connectivity index is 1.90. The lowest BCUT2D eigenvalue weighted by molar-refractivity contribution is -0.152. The third-order valence-electron chi connectivity index (χ3n) is 4.88. The molecule has 31 heavy (non-hydrogen) atoms. The molecule has 0 aliphatic heterocycles. The van der Waals surface area contributed by atoms with Crippen molar-refractivity contribution in [2.75, 3.05) is 6.26 Å². The number of aryl methyl sites for hydroxylation is 2. The lowest BCUT2D eigenvalue weighted by Crippen LogP contribution is -2.38. The zero-order valence-corrected chi connectivity index (χ0v) is 19.5. The second kappa shape index (κ2) is 8.81. The lowest BCUT2D eigenvalue weighted by atomic mass is 10.0. The highest BCUT2D eigenvalue weighted by Gasteiger charge is 2.30. The Morgan fingerprint density at radius 3 is 2.39 bits per heavy atom. The molecule has 5 nitrogen and oxygen atoms in total. The molecule has 7 heteroatoms. The van der Waals surface area contributed by atoms with Gasteiger partial charge in [0.25, 0.3) is 0 Å². The fraction of sp³-hybridized carbons (Fsp3) is 0.250. The van der Waals surface area contributed by atoms with Gasteiger partial charge in [-0.25, -0.2) is 4.79 Å². The molecule has 162 valence electrons. The van der Waals surface area contributed by atoms with Crippen molar-refractivity contribution in [3.8, 4) is 5.75 Å². The summed E-state index contributed by atoms with van der Waals surface area (Å²) in [5.41, 5.74) is 2.15. The number of carbonyl (C=O) groups excluding carboxylic acids is 1. The number of carboxylic acids is 1. The zero-order chi connectivity index (χ0) is 22.9. The molecule has 0 radical (unpaired) electrons. The van der Waals surface area contributed by atoms with E-state index < -0.39 is 11.6 Å². The van der Waals surface area contributed by atoms with Crippen LogP contribution in [-0.4, -0.2) is 28.7 Å². The minimum absolute atomic E-state index is 0.169. The average Bonchev–Trinajstić information content (AvgIpc) is 3.09. The largest absolute Gasteiger partial charge is 0.478 e. The van der Waals surface area contributed by atoms with Gasteiger partial charge >= 0.3 is 5.97 Å². The van der Waals surface area contributed by atoms with Crippen LogP contribution in [0.1, 0.15) is 40.9 Å². The lowest BCUT2D eigenvalue weighted by Gasteiger charge is -2.24. The molecule has 0 fully saturated rings. The van der Waals surface area contributed by atoms with Gasteiger partial charge in [-0.1, -0.05) is 6.08 Å². The van der Waals surface area contributed by atoms with Crippen LogP contribution in [-0.2, 0) is 4.79 Å². The number of carbonyl (C=O) groups is 2. The predicted molar refractivity (Wildman–Crippen MR) is 125 cm³/mol. The second-order valence-electron chi connectivity index (χ2n) is 7.71. The van der Waals surface area contributed by atoms with Crippen molar-refractivity contribution in [2.24, 2.45) is 0 Å². The quantitative estimate of drug-likeness (QED) is 0.245. The molecule has 0 unspecified atom stereocenters. The van der Waals surface area contributed by atoms with Crippen LogP contribution in [0.2, 0.25) is 5.22 Å². The number of carboxylic acid groups (broad SMARTS) is 1. The van der Waals surface area contributed by atoms with Gasteiger partial charge in [0.2, 0.25) is 0 Å². The van der Waals surface area contributed by atoms with Crippen LogP contribution in [0, 0.1) is 13.8 Å². The predicted octanol–water partition coefficient (Wildman–Crippen LogP) is 6.56. The molecule has 1 N–H and O–H groups in total. The summed E-state index contributed by atoms with van der Waals surface area (Å²) in [7, 11) is 0. The van der Waals surface area contributed by atoms with E-state index in [0.29, 0.717) is 22.3 Å². The summed E-state index contributed by atoms with van der Waals surface area (Å²) in [6.07, 6.45) is 5.16. The van der Waals surface area contributed by atoms with E-state index in [1.54, 1.807) is 18.2 Å². The first-order valence-electron chi connectivity index (χ1n) is 9.55. The van der Waals surface area contributed by atoms with E-state index in [0.717, 1.165) is 21.6 Å². The smallest absolute Gasteiger partial charge is 0.347 e. The molecule has 0 aliphatic rings. The van der Waals surface area contributed by atoms with Crippen molar-refractivity contribution in [3.63, 3.8) is 0 Å². The van der Waals surface area contributed by atoms with E-state index in [1.165, 1.54) is 31.7 Å². The fourth-order valence-electron chi connectivity index (χ4n) is 3.25. The van der Waals surface area contributed by atoms with Crippen LogP contribution >= 0.6 is 23.4 Å². The number of halogens is 1. The highest BCUT2D eigenvalue weighted by Crippen LogP contribution is 2.34. The summed E-state index contributed by atoms with van der Waals surface area (Å²) < 4.78 is 11.3. The van der Waals surface area contributed by atoms with E-state index in [4.69, 9.17) is 20.8 Å². The number of thioether (sulfide) groups is 1. The summed E-state index contributed by atoms with van der Waals surface area (Å²) >= 11 is 7.54. The van der Waals surface area contributed by atoms with Crippen LogP contribution < -0.4 is 4.74 Å². The molecule has 3 rings (SSSR count). The minimum Gasteiger partial charge on any atom is -0.478 e. The number of fused-ring (bicyclic) bond motifs is 1. The van der Waals surface area contributed by atoms with Gasteiger partial charge in [0, 0.05) is 17.0 Å². The van der Waals surface area contributed by atoms with Crippen molar-refractivity contribution in [1.29, 1.82) is 0 Å². The number of aliphatic carboxylic acids is 1. The van der Waals surface area contributed by atoms with Gasteiger partial charge < -0.3 is 14.3 Å². The SMILES string of the molecule is CSc1ccc(C(=O)/C=C/c2cc(C)c(OC(C)(C)C(=O)O)c(C)c2)c2cc(Cl)oc12. The van der Waals surface area contributed by atoms with E-state index in [-0.39, 0.29) is 11.0 Å². The monoisotopic (exact) mass is 458 g/mol. The molecule has 0 saturated carbocycles. The fourth-order valence-corrected chi connectivity index (χ4v) is 3.97. The van der Waals surface area contributed by atoms with E-state index in [9.17, 15) is 14.7 Å². The molecule has 0 saturated heterocycles. The third-order valence-corrected chi connectivity index (χ3v) is 5.83. The van der Waals surface area contributed by atoms with E-state index in [1.807, 2.05) is 38.3 Å². The normalized spacial score (nSPS) is 11.9. The summed E-state index contributed by atoms with van der Waals surface area (Å²) in [6, 6.07) is 8.98. The van der Waals surface area contributed by atoms with Crippen molar-refractivity contribution in [2.45, 2.75) is 38.2 Å². The van der Waals surface area contributed by atoms with E-state index in [2.05, 4.69) is 0 Å². The molecule has 1 heterocycles. The van der Waals surface area contributed by atoms with Crippen LogP contribution in [0.4, 0.5) is 0 Å².